The molecular weight excluding hydrogens is 550 g/mol. The number of fused-ring (bicyclic) bond motifs is 3. The Morgan fingerprint density at radius 2 is 1.67 bits per heavy atom. The molecule has 0 amide bonds. The lowest BCUT2D eigenvalue weighted by Crippen LogP contribution is -2.45. The van der Waals surface area contributed by atoms with E-state index in [1.807, 2.05) is 49.4 Å². The molecule has 224 valence electrons. The topological polar surface area (TPSA) is 98.6 Å². The summed E-state index contributed by atoms with van der Waals surface area (Å²) in [5, 5.41) is 9.21. The van der Waals surface area contributed by atoms with Crippen LogP contribution in [0.4, 0.5) is 0 Å². The predicted molar refractivity (Wildman–Crippen MR) is 158 cm³/mol. The molecule has 9 nitrogen and oxygen atoms in total. The third kappa shape index (κ3) is 5.32. The molecule has 1 aromatic heterocycles. The summed E-state index contributed by atoms with van der Waals surface area (Å²) in [7, 11) is -3.66. The average molecular weight is 592 g/mol. The van der Waals surface area contributed by atoms with Gasteiger partial charge >= 0.3 is 0 Å². The second-order valence-electron chi connectivity index (χ2n) is 12.5. The molecule has 1 N–H and O–H groups in total. The highest BCUT2D eigenvalue weighted by atomic mass is 32.2. The molecule has 4 saturated heterocycles. The molecule has 6 atom stereocenters. The number of nitrogens with one attached hydrogen (secondary N) is 1. The minimum absolute atomic E-state index is 0.0977. The molecule has 10 heteroatoms. The minimum Gasteiger partial charge on any atom is -0.352 e. The molecule has 0 saturated carbocycles. The van der Waals surface area contributed by atoms with Gasteiger partial charge in [0.1, 0.15) is 11.6 Å². The summed E-state index contributed by atoms with van der Waals surface area (Å²) in [5.74, 6) is 2.66. The fraction of sp³-hybridized carbons (Fsp3) is 0.562. The number of aromatic nitrogens is 3. The van der Waals surface area contributed by atoms with Crippen molar-refractivity contribution in [3.05, 3.63) is 77.4 Å². The van der Waals surface area contributed by atoms with Crippen LogP contribution in [-0.4, -0.2) is 66.2 Å². The Hall–Kier alpha value is -2.63. The Labute approximate surface area is 248 Å². The zero-order chi connectivity index (χ0) is 28.8. The lowest BCUT2D eigenvalue weighted by Gasteiger charge is -2.40. The molecule has 0 spiro atoms. The van der Waals surface area contributed by atoms with Gasteiger partial charge in [0.25, 0.3) is 0 Å². The van der Waals surface area contributed by atoms with Gasteiger partial charge in [-0.25, -0.2) is 13.1 Å². The lowest BCUT2D eigenvalue weighted by atomic mass is 9.91. The highest BCUT2D eigenvalue weighted by Crippen LogP contribution is 2.45. The van der Waals surface area contributed by atoms with Gasteiger partial charge in [0.2, 0.25) is 10.0 Å². The van der Waals surface area contributed by atoms with Crippen LogP contribution in [-0.2, 0) is 19.5 Å². The fourth-order valence-electron chi connectivity index (χ4n) is 7.87. The molecular formula is C32H41N5O4S. The van der Waals surface area contributed by atoms with Gasteiger partial charge in [-0.3, -0.25) is 4.90 Å². The number of ether oxygens (including phenoxy) is 2. The molecule has 42 heavy (non-hydrogen) atoms. The summed E-state index contributed by atoms with van der Waals surface area (Å²) < 4.78 is 44.0. The van der Waals surface area contributed by atoms with Gasteiger partial charge < -0.3 is 14.0 Å². The van der Waals surface area contributed by atoms with E-state index in [1.165, 1.54) is 12.8 Å². The number of hydrogen-bond donors (Lipinski definition) is 1. The van der Waals surface area contributed by atoms with Gasteiger partial charge in [0, 0.05) is 36.6 Å². The average Bonchev–Trinajstić information content (AvgIpc) is 3.75. The van der Waals surface area contributed by atoms with E-state index in [0.717, 1.165) is 55.2 Å². The SMILES string of the molecule is Cc1ccc(S(=O)(=O)N[C@@H](CCN2C3CCC2CC(n2c(C)nnc2[C@H]2CO[C@H]4OCC[C@H]42)C3)c2ccccc2)cc1. The Bertz CT molecular complexity index is 1480. The third-order valence-corrected chi connectivity index (χ3v) is 11.5. The number of rotatable bonds is 9. The number of hydrogen-bond acceptors (Lipinski definition) is 7. The van der Waals surface area contributed by atoms with Crippen molar-refractivity contribution in [3.8, 4) is 0 Å². The smallest absolute Gasteiger partial charge is 0.241 e. The zero-order valence-electron chi connectivity index (χ0n) is 24.4. The minimum atomic E-state index is -3.66. The zero-order valence-corrected chi connectivity index (χ0v) is 25.2. The molecule has 3 aromatic rings. The van der Waals surface area contributed by atoms with Crippen LogP contribution in [0.2, 0.25) is 0 Å². The normalized spacial score (nSPS) is 30.0. The first kappa shape index (κ1) is 28.2. The lowest BCUT2D eigenvalue weighted by molar-refractivity contribution is -0.0905. The standard InChI is InChI=1S/C32H41N5O4S/c1-21-8-12-27(13-9-21)42(38,39)35-30(23-6-4-3-5-7-23)14-16-36-24-10-11-25(36)19-26(18-24)37-22(2)33-34-31(37)29-20-41-32-28(29)15-17-40-32/h3-9,12-13,24-26,28-30,32,35H,10-11,14-20H2,1-2H3/t24?,25?,26?,28-,29-,30-,32+/m0/s1. The molecule has 4 aliphatic heterocycles. The third-order valence-electron chi connectivity index (χ3n) is 10.00. The number of piperidine rings is 1. The Kier molecular flexibility index (Phi) is 7.69. The highest BCUT2D eigenvalue weighted by Gasteiger charge is 2.47. The first-order valence-corrected chi connectivity index (χ1v) is 16.9. The van der Waals surface area contributed by atoms with Crippen LogP contribution in [0.1, 0.15) is 79.3 Å². The van der Waals surface area contributed by atoms with E-state index in [0.29, 0.717) is 42.0 Å². The number of aryl methyl sites for hydroxylation is 2. The summed E-state index contributed by atoms with van der Waals surface area (Å²) >= 11 is 0. The van der Waals surface area contributed by atoms with Crippen molar-refractivity contribution in [2.24, 2.45) is 5.92 Å². The van der Waals surface area contributed by atoms with Gasteiger partial charge in [-0.15, -0.1) is 10.2 Å². The maximum Gasteiger partial charge on any atom is 0.241 e. The molecule has 0 radical (unpaired) electrons. The molecule has 2 unspecified atom stereocenters. The molecule has 4 aliphatic rings. The highest BCUT2D eigenvalue weighted by molar-refractivity contribution is 7.89. The Morgan fingerprint density at radius 1 is 0.929 bits per heavy atom. The van der Waals surface area contributed by atoms with E-state index in [-0.39, 0.29) is 18.2 Å². The second kappa shape index (κ2) is 11.5. The largest absolute Gasteiger partial charge is 0.352 e. The van der Waals surface area contributed by atoms with Crippen LogP contribution in [0.5, 0.6) is 0 Å². The Morgan fingerprint density at radius 3 is 2.40 bits per heavy atom. The fourth-order valence-corrected chi connectivity index (χ4v) is 9.13. The van der Waals surface area contributed by atoms with Crippen molar-refractivity contribution in [2.75, 3.05) is 19.8 Å². The summed E-state index contributed by atoms with van der Waals surface area (Å²) in [6.07, 6.45) is 6.10. The van der Waals surface area contributed by atoms with Crippen molar-refractivity contribution in [2.45, 2.75) is 93.6 Å². The number of benzene rings is 2. The molecule has 2 bridgehead atoms. The van der Waals surface area contributed by atoms with Gasteiger partial charge in [0.05, 0.1) is 24.0 Å². The van der Waals surface area contributed by atoms with E-state index in [1.54, 1.807) is 12.1 Å². The van der Waals surface area contributed by atoms with Crippen LogP contribution >= 0.6 is 0 Å². The molecule has 2 aromatic carbocycles. The van der Waals surface area contributed by atoms with E-state index in [4.69, 9.17) is 9.47 Å². The van der Waals surface area contributed by atoms with E-state index in [9.17, 15) is 8.42 Å². The maximum atomic E-state index is 13.4. The van der Waals surface area contributed by atoms with Crippen LogP contribution in [0.15, 0.2) is 59.5 Å². The second-order valence-corrected chi connectivity index (χ2v) is 14.3. The molecule has 4 fully saturated rings. The number of nitrogens with zero attached hydrogens (tertiary/aromatic N) is 4. The molecule has 7 rings (SSSR count). The number of sulfonamides is 1. The summed E-state index contributed by atoms with van der Waals surface area (Å²) in [6, 6.07) is 18.0. The van der Waals surface area contributed by atoms with Gasteiger partial charge in [-0.2, -0.15) is 0 Å². The molecule has 0 aliphatic carbocycles. The van der Waals surface area contributed by atoms with Crippen LogP contribution in [0.25, 0.3) is 0 Å². The summed E-state index contributed by atoms with van der Waals surface area (Å²) in [4.78, 5) is 2.95. The predicted octanol–water partition coefficient (Wildman–Crippen LogP) is 4.65. The summed E-state index contributed by atoms with van der Waals surface area (Å²) in [6.45, 7) is 6.30. The maximum absolute atomic E-state index is 13.4. The van der Waals surface area contributed by atoms with Crippen LogP contribution in [0, 0.1) is 19.8 Å². The summed E-state index contributed by atoms with van der Waals surface area (Å²) in [5.41, 5.74) is 2.03. The van der Waals surface area contributed by atoms with Crippen LogP contribution in [0.3, 0.4) is 0 Å². The van der Waals surface area contributed by atoms with Crippen LogP contribution < -0.4 is 4.72 Å². The first-order chi connectivity index (χ1) is 20.4. The van der Waals surface area contributed by atoms with Crippen molar-refractivity contribution in [1.29, 1.82) is 0 Å². The monoisotopic (exact) mass is 591 g/mol. The van der Waals surface area contributed by atoms with E-state index in [2.05, 4.69) is 31.3 Å². The van der Waals surface area contributed by atoms with Gasteiger partial charge in [-0.1, -0.05) is 48.0 Å². The van der Waals surface area contributed by atoms with Gasteiger partial charge in [0.15, 0.2) is 6.29 Å². The van der Waals surface area contributed by atoms with E-state index >= 15 is 0 Å². The Balaban J connectivity index is 1.06. The molecule has 5 heterocycles. The van der Waals surface area contributed by atoms with Crippen molar-refractivity contribution in [1.82, 2.24) is 24.4 Å². The van der Waals surface area contributed by atoms with Gasteiger partial charge in [-0.05, 0) is 70.1 Å². The van der Waals surface area contributed by atoms with Crippen molar-refractivity contribution in [3.63, 3.8) is 0 Å². The quantitative estimate of drug-likeness (QED) is 0.387. The van der Waals surface area contributed by atoms with E-state index < -0.39 is 10.0 Å². The van der Waals surface area contributed by atoms with Crippen molar-refractivity contribution >= 4 is 10.0 Å². The first-order valence-electron chi connectivity index (χ1n) is 15.4. The van der Waals surface area contributed by atoms with Crippen molar-refractivity contribution < 1.29 is 17.9 Å².